The number of nitrogens with one attached hydrogen (secondary N) is 1. The van der Waals surface area contributed by atoms with Crippen molar-refractivity contribution in [2.45, 2.75) is 13.5 Å². The van der Waals surface area contributed by atoms with Gasteiger partial charge in [-0.25, -0.2) is 10.3 Å². The number of hydrogen-bond acceptors (Lipinski definition) is 4. The van der Waals surface area contributed by atoms with E-state index < -0.39 is 0 Å². The number of urea groups is 1. The highest BCUT2D eigenvalue weighted by molar-refractivity contribution is 5.73. The van der Waals surface area contributed by atoms with Gasteiger partial charge in [-0.3, -0.25) is 4.84 Å². The van der Waals surface area contributed by atoms with Crippen LogP contribution in [0.5, 0.6) is 5.75 Å². The second-order valence-corrected chi connectivity index (χ2v) is 6.06. The maximum absolute atomic E-state index is 12.2. The molecule has 1 heterocycles. The second-order valence-electron chi connectivity index (χ2n) is 6.06. The lowest BCUT2D eigenvalue weighted by Gasteiger charge is -2.36. The molecule has 0 atom stereocenters. The van der Waals surface area contributed by atoms with E-state index in [1.165, 1.54) is 0 Å². The first-order chi connectivity index (χ1) is 12.8. The van der Waals surface area contributed by atoms with Crippen molar-refractivity contribution in [3.05, 3.63) is 60.2 Å². The number of hydrogen-bond donors (Lipinski definition) is 1. The van der Waals surface area contributed by atoms with E-state index in [2.05, 4.69) is 16.4 Å². The average Bonchev–Trinajstić information content (AvgIpc) is 2.70. The Kier molecular flexibility index (Phi) is 6.33. The molecule has 6 nitrogen and oxygen atoms in total. The number of benzene rings is 2. The smallest absolute Gasteiger partial charge is 0.341 e. The van der Waals surface area contributed by atoms with Crippen molar-refractivity contribution in [3.63, 3.8) is 0 Å². The van der Waals surface area contributed by atoms with Crippen molar-refractivity contribution in [2.24, 2.45) is 0 Å². The van der Waals surface area contributed by atoms with Gasteiger partial charge in [0.2, 0.25) is 0 Å². The number of carbonyl (C=O) groups is 1. The molecule has 1 saturated heterocycles. The van der Waals surface area contributed by atoms with Crippen molar-refractivity contribution in [1.82, 2.24) is 10.4 Å². The van der Waals surface area contributed by atoms with E-state index in [0.29, 0.717) is 26.3 Å². The van der Waals surface area contributed by atoms with Gasteiger partial charge < -0.3 is 14.5 Å². The van der Waals surface area contributed by atoms with Crippen LogP contribution in [0.3, 0.4) is 0 Å². The topological polar surface area (TPSA) is 54.0 Å². The largest absolute Gasteiger partial charge is 0.492 e. The number of nitrogens with zero attached hydrogens (tertiary/aromatic N) is 2. The van der Waals surface area contributed by atoms with Gasteiger partial charge in [-0.05, 0) is 24.6 Å². The first kappa shape index (κ1) is 18.1. The molecule has 0 bridgehead atoms. The lowest BCUT2D eigenvalue weighted by molar-refractivity contribution is 0.0359. The Morgan fingerprint density at radius 3 is 2.42 bits per heavy atom. The number of hydroxylamine groups is 1. The van der Waals surface area contributed by atoms with Crippen LogP contribution in [0, 0.1) is 0 Å². The minimum atomic E-state index is -0.196. The summed E-state index contributed by atoms with van der Waals surface area (Å²) in [6.45, 7) is 5.77. The fourth-order valence-corrected chi connectivity index (χ4v) is 2.97. The highest BCUT2D eigenvalue weighted by Gasteiger charge is 2.23. The van der Waals surface area contributed by atoms with E-state index in [1.54, 1.807) is 4.90 Å². The average molecular weight is 355 g/mol. The Morgan fingerprint density at radius 1 is 1.00 bits per heavy atom. The molecule has 0 unspecified atom stereocenters. The third-order valence-corrected chi connectivity index (χ3v) is 4.31. The van der Waals surface area contributed by atoms with Crippen LogP contribution in [0.4, 0.5) is 10.5 Å². The highest BCUT2D eigenvalue weighted by atomic mass is 16.7. The van der Waals surface area contributed by atoms with Gasteiger partial charge in [0.1, 0.15) is 5.75 Å². The highest BCUT2D eigenvalue weighted by Crippen LogP contribution is 2.28. The van der Waals surface area contributed by atoms with E-state index in [-0.39, 0.29) is 6.03 Å². The van der Waals surface area contributed by atoms with Gasteiger partial charge in [-0.2, -0.15) is 0 Å². The number of rotatable bonds is 6. The van der Waals surface area contributed by atoms with Crippen molar-refractivity contribution >= 4 is 11.7 Å². The van der Waals surface area contributed by atoms with E-state index in [0.717, 1.165) is 30.1 Å². The van der Waals surface area contributed by atoms with Crippen molar-refractivity contribution in [1.29, 1.82) is 0 Å². The zero-order chi connectivity index (χ0) is 18.2. The number of ether oxygens (including phenoxy) is 1. The summed E-state index contributed by atoms with van der Waals surface area (Å²) < 4.78 is 5.71. The molecule has 3 rings (SSSR count). The Labute approximate surface area is 154 Å². The van der Waals surface area contributed by atoms with Gasteiger partial charge >= 0.3 is 6.03 Å². The molecule has 1 N–H and O–H groups in total. The molecular weight excluding hydrogens is 330 g/mol. The van der Waals surface area contributed by atoms with Crippen molar-refractivity contribution in [2.75, 3.05) is 37.7 Å². The van der Waals surface area contributed by atoms with Crippen LogP contribution in [0.15, 0.2) is 54.6 Å². The van der Waals surface area contributed by atoms with E-state index in [9.17, 15) is 4.79 Å². The third-order valence-electron chi connectivity index (χ3n) is 4.31. The second kappa shape index (κ2) is 9.10. The zero-order valence-corrected chi connectivity index (χ0v) is 15.1. The minimum absolute atomic E-state index is 0.196. The molecule has 0 aliphatic carbocycles. The van der Waals surface area contributed by atoms with Crippen LogP contribution in [-0.2, 0) is 11.4 Å². The molecule has 138 valence electrons. The number of carbonyl (C=O) groups excluding carboxylic acids is 1. The van der Waals surface area contributed by atoms with Gasteiger partial charge in [0.25, 0.3) is 0 Å². The van der Waals surface area contributed by atoms with E-state index >= 15 is 0 Å². The molecule has 0 spiro atoms. The first-order valence-corrected chi connectivity index (χ1v) is 8.95. The maximum atomic E-state index is 12.2. The Bertz CT molecular complexity index is 700. The quantitative estimate of drug-likeness (QED) is 0.809. The number of amides is 2. The standard InChI is InChI=1S/C20H25N3O3/c1-2-25-19-11-7-6-10-18(19)22-12-14-23(15-13-22)20(24)21-26-16-17-8-4-3-5-9-17/h3-11H,2,12-16H2,1H3,(H,21,24). The van der Waals surface area contributed by atoms with Gasteiger partial charge in [0, 0.05) is 26.2 Å². The zero-order valence-electron chi connectivity index (χ0n) is 15.1. The molecular formula is C20H25N3O3. The SMILES string of the molecule is CCOc1ccccc1N1CCN(C(=O)NOCc2ccccc2)CC1. The van der Waals surface area contributed by atoms with Crippen LogP contribution < -0.4 is 15.1 Å². The lowest BCUT2D eigenvalue weighted by Crippen LogP contribution is -2.51. The van der Waals surface area contributed by atoms with Crippen LogP contribution in [0.1, 0.15) is 12.5 Å². The van der Waals surface area contributed by atoms with Gasteiger partial charge in [0.05, 0.1) is 18.9 Å². The molecule has 0 radical (unpaired) electrons. The van der Waals surface area contributed by atoms with Crippen molar-refractivity contribution in [3.8, 4) is 5.75 Å². The molecule has 2 aromatic rings. The summed E-state index contributed by atoms with van der Waals surface area (Å²) in [5.41, 5.74) is 4.63. The van der Waals surface area contributed by atoms with Gasteiger partial charge in [0.15, 0.2) is 0 Å². The van der Waals surface area contributed by atoms with E-state index in [4.69, 9.17) is 9.57 Å². The predicted octanol–water partition coefficient (Wildman–Crippen LogP) is 3.05. The molecule has 0 aromatic heterocycles. The molecule has 1 fully saturated rings. The molecule has 2 amide bonds. The summed E-state index contributed by atoms with van der Waals surface area (Å²) in [6, 6.07) is 17.6. The molecule has 1 aliphatic heterocycles. The predicted molar refractivity (Wildman–Crippen MR) is 101 cm³/mol. The lowest BCUT2D eigenvalue weighted by atomic mass is 10.2. The molecule has 0 saturated carbocycles. The summed E-state index contributed by atoms with van der Waals surface area (Å²) in [6.07, 6.45) is 0. The minimum Gasteiger partial charge on any atom is -0.492 e. The summed E-state index contributed by atoms with van der Waals surface area (Å²) in [4.78, 5) is 21.6. The Balaban J connectivity index is 1.46. The molecule has 2 aromatic carbocycles. The Hall–Kier alpha value is -2.73. The monoisotopic (exact) mass is 355 g/mol. The van der Waals surface area contributed by atoms with Crippen LogP contribution in [-0.4, -0.2) is 43.7 Å². The maximum Gasteiger partial charge on any atom is 0.341 e. The van der Waals surface area contributed by atoms with Crippen molar-refractivity contribution < 1.29 is 14.4 Å². The normalized spacial score (nSPS) is 14.2. The van der Waals surface area contributed by atoms with E-state index in [1.807, 2.05) is 55.5 Å². The first-order valence-electron chi connectivity index (χ1n) is 8.95. The van der Waals surface area contributed by atoms with Crippen LogP contribution in [0.2, 0.25) is 0 Å². The van der Waals surface area contributed by atoms with Gasteiger partial charge in [-0.1, -0.05) is 42.5 Å². The van der Waals surface area contributed by atoms with Gasteiger partial charge in [-0.15, -0.1) is 0 Å². The van der Waals surface area contributed by atoms with Crippen LogP contribution >= 0.6 is 0 Å². The fourth-order valence-electron chi connectivity index (χ4n) is 2.97. The summed E-state index contributed by atoms with van der Waals surface area (Å²) in [7, 11) is 0. The third kappa shape index (κ3) is 4.67. The number of para-hydroxylation sites is 2. The summed E-state index contributed by atoms with van der Waals surface area (Å²) in [5.74, 6) is 0.888. The molecule has 26 heavy (non-hydrogen) atoms. The fraction of sp³-hybridized carbons (Fsp3) is 0.350. The number of anilines is 1. The molecule has 1 aliphatic rings. The van der Waals surface area contributed by atoms with Crippen LogP contribution in [0.25, 0.3) is 0 Å². The molecule has 6 heteroatoms. The summed E-state index contributed by atoms with van der Waals surface area (Å²) >= 11 is 0. The summed E-state index contributed by atoms with van der Waals surface area (Å²) in [5, 5.41) is 0. The Morgan fingerprint density at radius 2 is 1.69 bits per heavy atom. The number of piperazine rings is 1.